The summed E-state index contributed by atoms with van der Waals surface area (Å²) in [4.78, 5) is 25.7. The molecule has 1 aromatic heterocycles. The summed E-state index contributed by atoms with van der Waals surface area (Å²) in [5.41, 5.74) is 0.805. The molecule has 0 aliphatic carbocycles. The minimum Gasteiger partial charge on any atom is -0.465 e. The van der Waals surface area contributed by atoms with Crippen LogP contribution in [-0.2, 0) is 4.74 Å². The number of esters is 1. The van der Waals surface area contributed by atoms with Crippen LogP contribution >= 0.6 is 11.3 Å². The molecule has 1 N–H and O–H groups in total. The monoisotopic (exact) mass is 403 g/mol. The van der Waals surface area contributed by atoms with E-state index in [1.54, 1.807) is 24.3 Å². The Balaban J connectivity index is 1.70. The maximum Gasteiger partial charge on any atom is 0.350 e. The Kier molecular flexibility index (Phi) is 5.27. The first kappa shape index (κ1) is 18.7. The summed E-state index contributed by atoms with van der Waals surface area (Å²) in [5, 5.41) is 3.67. The Morgan fingerprint density at radius 1 is 0.862 bits per heavy atom. The third-order valence-corrected chi connectivity index (χ3v) is 5.46. The number of fused-ring (bicyclic) bond motifs is 1. The predicted octanol–water partition coefficient (Wildman–Crippen LogP) is 5.73. The van der Waals surface area contributed by atoms with Gasteiger partial charge in [-0.3, -0.25) is 4.79 Å². The second-order valence-electron chi connectivity index (χ2n) is 6.16. The number of carbonyl (C=O) groups excluding carboxylic acids is 2. The summed E-state index contributed by atoms with van der Waals surface area (Å²) in [6, 6.07) is 23.7. The van der Waals surface area contributed by atoms with Crippen molar-refractivity contribution in [3.8, 4) is 11.5 Å². The normalized spacial score (nSPS) is 10.5. The van der Waals surface area contributed by atoms with Gasteiger partial charge in [-0.1, -0.05) is 48.5 Å². The van der Waals surface area contributed by atoms with Gasteiger partial charge in [0.05, 0.1) is 18.4 Å². The lowest BCUT2D eigenvalue weighted by Crippen LogP contribution is -2.15. The van der Waals surface area contributed by atoms with E-state index < -0.39 is 5.97 Å². The van der Waals surface area contributed by atoms with Gasteiger partial charge in [-0.05, 0) is 30.3 Å². The van der Waals surface area contributed by atoms with Gasteiger partial charge >= 0.3 is 5.97 Å². The first-order valence-electron chi connectivity index (χ1n) is 8.90. The number of benzene rings is 3. The Morgan fingerprint density at radius 2 is 1.55 bits per heavy atom. The Morgan fingerprint density at radius 3 is 2.34 bits per heavy atom. The van der Waals surface area contributed by atoms with Crippen molar-refractivity contribution in [1.82, 2.24) is 0 Å². The van der Waals surface area contributed by atoms with E-state index in [1.807, 2.05) is 54.6 Å². The number of methoxy groups -OCH3 is 1. The number of carbonyl (C=O) groups is 2. The second kappa shape index (κ2) is 8.16. The molecule has 0 atom stereocenters. The first-order chi connectivity index (χ1) is 14.2. The smallest absolute Gasteiger partial charge is 0.350 e. The van der Waals surface area contributed by atoms with E-state index in [4.69, 9.17) is 9.47 Å². The van der Waals surface area contributed by atoms with Crippen LogP contribution in [0.25, 0.3) is 10.1 Å². The molecule has 0 aliphatic heterocycles. The minimum absolute atomic E-state index is 0.350. The largest absolute Gasteiger partial charge is 0.465 e. The highest BCUT2D eigenvalue weighted by molar-refractivity contribution is 7.21. The van der Waals surface area contributed by atoms with Gasteiger partial charge in [0.15, 0.2) is 0 Å². The molecular formula is C23H17NO4S. The molecule has 0 saturated heterocycles. The van der Waals surface area contributed by atoms with Gasteiger partial charge < -0.3 is 14.8 Å². The van der Waals surface area contributed by atoms with Crippen LogP contribution in [0.2, 0.25) is 0 Å². The molecule has 4 rings (SSSR count). The summed E-state index contributed by atoms with van der Waals surface area (Å²) < 4.78 is 11.7. The maximum atomic E-state index is 13.1. The number of hydrogen-bond donors (Lipinski definition) is 1. The summed E-state index contributed by atoms with van der Waals surface area (Å²) in [7, 11) is 1.32. The van der Waals surface area contributed by atoms with Crippen molar-refractivity contribution in [2.75, 3.05) is 12.4 Å². The van der Waals surface area contributed by atoms with Gasteiger partial charge in [-0.2, -0.15) is 0 Å². The molecule has 0 unspecified atom stereocenters. The lowest BCUT2D eigenvalue weighted by Gasteiger charge is -2.12. The molecular weight excluding hydrogens is 386 g/mol. The number of para-hydroxylation sites is 2. The van der Waals surface area contributed by atoms with Gasteiger partial charge in [0, 0.05) is 10.1 Å². The topological polar surface area (TPSA) is 64.6 Å². The van der Waals surface area contributed by atoms with Crippen molar-refractivity contribution in [1.29, 1.82) is 0 Å². The standard InChI is InChI=1S/C23H17NO4S/c1-27-23(26)21-20(17-12-6-8-14-19(17)29-21)24-22(25)16-11-5-7-13-18(16)28-15-9-3-2-4-10-15/h2-14H,1H3,(H,24,25). The van der Waals surface area contributed by atoms with Crippen LogP contribution in [0.4, 0.5) is 5.69 Å². The number of amides is 1. The summed E-state index contributed by atoms with van der Waals surface area (Å²) >= 11 is 1.28. The van der Waals surface area contributed by atoms with E-state index in [0.29, 0.717) is 27.6 Å². The lowest BCUT2D eigenvalue weighted by atomic mass is 10.1. The number of thiophene rings is 1. The number of anilines is 1. The van der Waals surface area contributed by atoms with Crippen LogP contribution in [0, 0.1) is 0 Å². The molecule has 29 heavy (non-hydrogen) atoms. The van der Waals surface area contributed by atoms with Gasteiger partial charge in [0.25, 0.3) is 5.91 Å². The fourth-order valence-corrected chi connectivity index (χ4v) is 4.02. The Labute approximate surface area is 171 Å². The zero-order valence-corrected chi connectivity index (χ0v) is 16.4. The minimum atomic E-state index is -0.490. The average Bonchev–Trinajstić information content (AvgIpc) is 3.12. The van der Waals surface area contributed by atoms with Crippen molar-refractivity contribution in [2.45, 2.75) is 0 Å². The third-order valence-electron chi connectivity index (χ3n) is 4.31. The van der Waals surface area contributed by atoms with Crippen molar-refractivity contribution in [3.05, 3.63) is 89.3 Å². The predicted molar refractivity (Wildman–Crippen MR) is 114 cm³/mol. The van der Waals surface area contributed by atoms with E-state index in [1.165, 1.54) is 18.4 Å². The van der Waals surface area contributed by atoms with Crippen molar-refractivity contribution < 1.29 is 19.1 Å². The van der Waals surface area contributed by atoms with Gasteiger partial charge in [-0.15, -0.1) is 11.3 Å². The zero-order chi connectivity index (χ0) is 20.2. The molecule has 6 heteroatoms. The molecule has 1 heterocycles. The highest BCUT2D eigenvalue weighted by Crippen LogP contribution is 2.37. The molecule has 0 aliphatic rings. The van der Waals surface area contributed by atoms with Crippen LogP contribution in [0.5, 0.6) is 11.5 Å². The average molecular weight is 403 g/mol. The molecule has 0 fully saturated rings. The molecule has 1 amide bonds. The SMILES string of the molecule is COC(=O)c1sc2ccccc2c1NC(=O)c1ccccc1Oc1ccccc1. The number of nitrogens with one attached hydrogen (secondary N) is 1. The van der Waals surface area contributed by atoms with Crippen LogP contribution in [0.1, 0.15) is 20.0 Å². The highest BCUT2D eigenvalue weighted by atomic mass is 32.1. The Hall–Kier alpha value is -3.64. The van der Waals surface area contributed by atoms with E-state index in [2.05, 4.69) is 5.32 Å². The molecule has 5 nitrogen and oxygen atoms in total. The van der Waals surface area contributed by atoms with Crippen LogP contribution in [0.3, 0.4) is 0 Å². The zero-order valence-electron chi connectivity index (χ0n) is 15.5. The molecule has 0 saturated carbocycles. The van der Waals surface area contributed by atoms with E-state index >= 15 is 0 Å². The second-order valence-corrected chi connectivity index (χ2v) is 7.21. The molecule has 144 valence electrons. The quantitative estimate of drug-likeness (QED) is 0.432. The van der Waals surface area contributed by atoms with Crippen molar-refractivity contribution >= 4 is 39.0 Å². The summed E-state index contributed by atoms with van der Waals surface area (Å²) in [5.74, 6) is 0.194. The first-order valence-corrected chi connectivity index (χ1v) is 9.72. The molecule has 0 radical (unpaired) electrons. The van der Waals surface area contributed by atoms with Crippen molar-refractivity contribution in [3.63, 3.8) is 0 Å². The van der Waals surface area contributed by atoms with Crippen LogP contribution in [0.15, 0.2) is 78.9 Å². The third kappa shape index (κ3) is 3.83. The maximum absolute atomic E-state index is 13.1. The number of rotatable bonds is 5. The van der Waals surface area contributed by atoms with Gasteiger partial charge in [-0.25, -0.2) is 4.79 Å². The molecule has 3 aromatic carbocycles. The van der Waals surface area contributed by atoms with Crippen molar-refractivity contribution in [2.24, 2.45) is 0 Å². The van der Waals surface area contributed by atoms with Gasteiger partial charge in [0.1, 0.15) is 16.4 Å². The molecule has 4 aromatic rings. The van der Waals surface area contributed by atoms with E-state index in [-0.39, 0.29) is 5.91 Å². The highest BCUT2D eigenvalue weighted by Gasteiger charge is 2.22. The number of hydrogen-bond acceptors (Lipinski definition) is 5. The molecule has 0 bridgehead atoms. The lowest BCUT2D eigenvalue weighted by molar-refractivity contribution is 0.0607. The van der Waals surface area contributed by atoms with E-state index in [9.17, 15) is 9.59 Å². The Bertz CT molecular complexity index is 1180. The van der Waals surface area contributed by atoms with Crippen LogP contribution < -0.4 is 10.1 Å². The summed E-state index contributed by atoms with van der Waals surface area (Å²) in [6.45, 7) is 0. The fraction of sp³-hybridized carbons (Fsp3) is 0.0435. The van der Waals surface area contributed by atoms with Gasteiger partial charge in [0.2, 0.25) is 0 Å². The number of ether oxygens (including phenoxy) is 2. The molecule has 0 spiro atoms. The summed E-state index contributed by atoms with van der Waals surface area (Å²) in [6.07, 6.45) is 0. The van der Waals surface area contributed by atoms with Crippen LogP contribution in [-0.4, -0.2) is 19.0 Å². The van der Waals surface area contributed by atoms with E-state index in [0.717, 1.165) is 10.1 Å². The fourth-order valence-electron chi connectivity index (χ4n) is 2.95.